The van der Waals surface area contributed by atoms with Crippen LogP contribution in [0.15, 0.2) is 48.5 Å². The van der Waals surface area contributed by atoms with Crippen molar-refractivity contribution in [2.75, 3.05) is 20.3 Å². The van der Waals surface area contributed by atoms with E-state index in [0.717, 1.165) is 29.2 Å². The van der Waals surface area contributed by atoms with Gasteiger partial charge >= 0.3 is 0 Å². The van der Waals surface area contributed by atoms with Gasteiger partial charge in [-0.15, -0.1) is 0 Å². The summed E-state index contributed by atoms with van der Waals surface area (Å²) in [4.78, 5) is 10.1. The molecular formula is C18H21N3O2. The molecule has 0 fully saturated rings. The van der Waals surface area contributed by atoms with Crippen LogP contribution in [-0.2, 0) is 13.1 Å². The zero-order valence-electron chi connectivity index (χ0n) is 13.2. The van der Waals surface area contributed by atoms with E-state index in [1.54, 1.807) is 7.11 Å². The number of imidazole rings is 1. The molecule has 0 saturated heterocycles. The molecule has 23 heavy (non-hydrogen) atoms. The Bertz CT molecular complexity index is 755. The molecule has 5 nitrogen and oxygen atoms in total. The molecule has 0 spiro atoms. The second-order valence-electron chi connectivity index (χ2n) is 5.49. The number of aromatic nitrogens is 2. The third-order valence-electron chi connectivity index (χ3n) is 3.78. The fourth-order valence-corrected chi connectivity index (χ4v) is 2.65. The van der Waals surface area contributed by atoms with E-state index in [0.29, 0.717) is 13.1 Å². The van der Waals surface area contributed by atoms with Crippen molar-refractivity contribution in [3.8, 4) is 5.75 Å². The smallest absolute Gasteiger partial charge is 0.121 e. The maximum absolute atomic E-state index is 9.31. The van der Waals surface area contributed by atoms with Crippen molar-refractivity contribution < 1.29 is 9.84 Å². The minimum Gasteiger partial charge on any atom is -0.497 e. The van der Waals surface area contributed by atoms with Crippen molar-refractivity contribution >= 4 is 11.0 Å². The number of benzene rings is 2. The Labute approximate surface area is 135 Å². The van der Waals surface area contributed by atoms with Gasteiger partial charge in [-0.1, -0.05) is 30.3 Å². The number of H-pyrrole nitrogens is 1. The van der Waals surface area contributed by atoms with Gasteiger partial charge in [0.1, 0.15) is 11.6 Å². The molecule has 1 aromatic heterocycles. The van der Waals surface area contributed by atoms with Crippen molar-refractivity contribution in [1.29, 1.82) is 0 Å². The molecule has 3 aromatic rings. The van der Waals surface area contributed by atoms with E-state index in [2.05, 4.69) is 27.0 Å². The van der Waals surface area contributed by atoms with Gasteiger partial charge in [0.05, 0.1) is 31.3 Å². The van der Waals surface area contributed by atoms with Crippen LogP contribution in [0.3, 0.4) is 0 Å². The number of nitrogens with zero attached hydrogens (tertiary/aromatic N) is 2. The van der Waals surface area contributed by atoms with Crippen LogP contribution in [0, 0.1) is 0 Å². The summed E-state index contributed by atoms with van der Waals surface area (Å²) in [7, 11) is 1.65. The van der Waals surface area contributed by atoms with Crippen molar-refractivity contribution in [2.45, 2.75) is 13.1 Å². The lowest BCUT2D eigenvalue weighted by Gasteiger charge is -2.20. The molecule has 0 aliphatic heterocycles. The standard InChI is InChI=1S/C18H21N3O2/c1-23-15-7-8-16-17(11-15)20-18(19-16)13-21(9-10-22)12-14-5-3-2-4-6-14/h2-8,11,22H,9-10,12-13H2,1H3,(H,19,20). The van der Waals surface area contributed by atoms with E-state index in [9.17, 15) is 5.11 Å². The second kappa shape index (κ2) is 7.26. The average molecular weight is 311 g/mol. The van der Waals surface area contributed by atoms with Crippen molar-refractivity contribution in [3.05, 3.63) is 59.9 Å². The van der Waals surface area contributed by atoms with Crippen molar-refractivity contribution in [2.24, 2.45) is 0 Å². The van der Waals surface area contributed by atoms with Crippen LogP contribution in [0.25, 0.3) is 11.0 Å². The topological polar surface area (TPSA) is 61.4 Å². The van der Waals surface area contributed by atoms with E-state index in [1.807, 2.05) is 36.4 Å². The number of methoxy groups -OCH3 is 1. The molecule has 0 amide bonds. The Kier molecular flexibility index (Phi) is 4.90. The minimum absolute atomic E-state index is 0.126. The van der Waals surface area contributed by atoms with Crippen LogP contribution in [0.4, 0.5) is 0 Å². The van der Waals surface area contributed by atoms with Gasteiger partial charge in [0, 0.05) is 19.2 Å². The highest BCUT2D eigenvalue weighted by Gasteiger charge is 2.10. The molecule has 3 rings (SSSR count). The number of aromatic amines is 1. The molecule has 120 valence electrons. The molecule has 5 heteroatoms. The summed E-state index contributed by atoms with van der Waals surface area (Å²) >= 11 is 0. The highest BCUT2D eigenvalue weighted by atomic mass is 16.5. The summed E-state index contributed by atoms with van der Waals surface area (Å²) in [5.41, 5.74) is 3.10. The molecule has 0 saturated carbocycles. The van der Waals surface area contributed by atoms with Gasteiger partial charge in [0.15, 0.2) is 0 Å². The largest absolute Gasteiger partial charge is 0.497 e. The fraction of sp³-hybridized carbons (Fsp3) is 0.278. The molecule has 0 radical (unpaired) electrons. The number of nitrogens with one attached hydrogen (secondary N) is 1. The zero-order chi connectivity index (χ0) is 16.1. The summed E-state index contributed by atoms with van der Waals surface area (Å²) in [6.07, 6.45) is 0. The van der Waals surface area contributed by atoms with Gasteiger partial charge in [-0.3, -0.25) is 4.90 Å². The first-order valence-electron chi connectivity index (χ1n) is 7.68. The van der Waals surface area contributed by atoms with Crippen LogP contribution < -0.4 is 4.74 Å². The van der Waals surface area contributed by atoms with Crippen LogP contribution in [0.2, 0.25) is 0 Å². The number of aliphatic hydroxyl groups excluding tert-OH is 1. The predicted molar refractivity (Wildman–Crippen MR) is 90.3 cm³/mol. The maximum Gasteiger partial charge on any atom is 0.121 e. The monoisotopic (exact) mass is 311 g/mol. The summed E-state index contributed by atoms with van der Waals surface area (Å²) in [5, 5.41) is 9.31. The van der Waals surface area contributed by atoms with Gasteiger partial charge in [0.25, 0.3) is 0 Å². The summed E-state index contributed by atoms with van der Waals surface area (Å²) in [6.45, 7) is 2.17. The quantitative estimate of drug-likeness (QED) is 0.704. The molecule has 0 aliphatic carbocycles. The lowest BCUT2D eigenvalue weighted by molar-refractivity contribution is 0.181. The van der Waals surface area contributed by atoms with E-state index >= 15 is 0 Å². The predicted octanol–water partition coefficient (Wildman–Crippen LogP) is 2.57. The molecule has 2 aromatic carbocycles. The van der Waals surface area contributed by atoms with Gasteiger partial charge in [-0.2, -0.15) is 0 Å². The van der Waals surface area contributed by atoms with Crippen molar-refractivity contribution in [3.63, 3.8) is 0 Å². The molecule has 2 N–H and O–H groups in total. The van der Waals surface area contributed by atoms with E-state index in [1.165, 1.54) is 5.56 Å². The first-order valence-corrected chi connectivity index (χ1v) is 7.68. The number of hydrogen-bond donors (Lipinski definition) is 2. The molecule has 0 bridgehead atoms. The Balaban J connectivity index is 1.76. The van der Waals surface area contributed by atoms with E-state index < -0.39 is 0 Å². The normalized spacial score (nSPS) is 11.3. The Morgan fingerprint density at radius 2 is 1.96 bits per heavy atom. The highest BCUT2D eigenvalue weighted by molar-refractivity contribution is 5.76. The van der Waals surface area contributed by atoms with Crippen molar-refractivity contribution in [1.82, 2.24) is 14.9 Å². The number of aliphatic hydroxyl groups is 1. The molecular weight excluding hydrogens is 290 g/mol. The Morgan fingerprint density at radius 1 is 1.13 bits per heavy atom. The van der Waals surface area contributed by atoms with Crippen LogP contribution in [0.5, 0.6) is 5.75 Å². The zero-order valence-corrected chi connectivity index (χ0v) is 13.2. The Morgan fingerprint density at radius 3 is 2.70 bits per heavy atom. The number of rotatable bonds is 7. The van der Waals surface area contributed by atoms with Gasteiger partial charge in [-0.25, -0.2) is 4.98 Å². The van der Waals surface area contributed by atoms with Crippen LogP contribution in [-0.4, -0.2) is 40.2 Å². The lowest BCUT2D eigenvalue weighted by Crippen LogP contribution is -2.26. The highest BCUT2D eigenvalue weighted by Crippen LogP contribution is 2.19. The second-order valence-corrected chi connectivity index (χ2v) is 5.49. The lowest BCUT2D eigenvalue weighted by atomic mass is 10.2. The summed E-state index contributed by atoms with van der Waals surface area (Å²) in [6, 6.07) is 16.0. The first-order chi connectivity index (χ1) is 11.3. The fourth-order valence-electron chi connectivity index (χ4n) is 2.65. The number of ether oxygens (including phenoxy) is 1. The van der Waals surface area contributed by atoms with Crippen LogP contribution in [0.1, 0.15) is 11.4 Å². The minimum atomic E-state index is 0.126. The summed E-state index contributed by atoms with van der Waals surface area (Å²) in [5.74, 6) is 1.70. The molecule has 0 aliphatic rings. The maximum atomic E-state index is 9.31. The first kappa shape index (κ1) is 15.5. The Hall–Kier alpha value is -2.37. The molecule has 0 atom stereocenters. The van der Waals surface area contributed by atoms with E-state index in [4.69, 9.17) is 4.74 Å². The average Bonchev–Trinajstić information content (AvgIpc) is 2.97. The van der Waals surface area contributed by atoms with Gasteiger partial charge < -0.3 is 14.8 Å². The molecule has 0 unspecified atom stereocenters. The summed E-state index contributed by atoms with van der Waals surface area (Å²) < 4.78 is 5.24. The van der Waals surface area contributed by atoms with Gasteiger partial charge in [-0.05, 0) is 17.7 Å². The SMILES string of the molecule is COc1ccc2nc(CN(CCO)Cc3ccccc3)[nH]c2c1. The third kappa shape index (κ3) is 3.88. The number of hydrogen-bond acceptors (Lipinski definition) is 4. The van der Waals surface area contributed by atoms with E-state index in [-0.39, 0.29) is 6.61 Å². The molecule has 1 heterocycles. The van der Waals surface area contributed by atoms with Crippen LogP contribution >= 0.6 is 0 Å². The number of fused-ring (bicyclic) bond motifs is 1. The third-order valence-corrected chi connectivity index (χ3v) is 3.78. The van der Waals surface area contributed by atoms with Gasteiger partial charge in [0.2, 0.25) is 0 Å².